The van der Waals surface area contributed by atoms with Gasteiger partial charge < -0.3 is 5.73 Å². The topological polar surface area (TPSA) is 82.0 Å². The average Bonchev–Trinajstić information content (AvgIpc) is 2.14. The maximum atomic E-state index is 10.4. The van der Waals surface area contributed by atoms with Gasteiger partial charge in [0.2, 0.25) is 0 Å². The second kappa shape index (κ2) is 3.02. The number of pyridine rings is 1. The molecule has 0 aliphatic heterocycles. The number of nitro groups is 1. The minimum absolute atomic E-state index is 0.0108. The lowest BCUT2D eigenvalue weighted by molar-refractivity contribution is -0.385. The summed E-state index contributed by atoms with van der Waals surface area (Å²) < 4.78 is 0. The molecule has 14 heavy (non-hydrogen) atoms. The lowest BCUT2D eigenvalue weighted by atomic mass is 9.75. The van der Waals surface area contributed by atoms with Gasteiger partial charge in [0.25, 0.3) is 5.69 Å². The van der Waals surface area contributed by atoms with E-state index in [4.69, 9.17) is 5.73 Å². The Morgan fingerprint density at radius 1 is 1.50 bits per heavy atom. The van der Waals surface area contributed by atoms with E-state index in [1.165, 1.54) is 12.3 Å². The van der Waals surface area contributed by atoms with E-state index in [0.717, 1.165) is 25.0 Å². The minimum Gasteiger partial charge on any atom is -0.320 e. The smallest absolute Gasteiger partial charge is 0.287 e. The summed E-state index contributed by atoms with van der Waals surface area (Å²) in [6, 6.07) is 3.10. The number of nitrogens with two attached hydrogens (primary N) is 1. The van der Waals surface area contributed by atoms with Gasteiger partial charge in [-0.3, -0.25) is 15.1 Å². The second-order valence-electron chi connectivity index (χ2n) is 3.67. The van der Waals surface area contributed by atoms with Crippen LogP contribution >= 0.6 is 0 Å². The van der Waals surface area contributed by atoms with Crippen molar-refractivity contribution in [2.45, 2.75) is 24.8 Å². The van der Waals surface area contributed by atoms with Gasteiger partial charge in [-0.15, -0.1) is 0 Å². The number of hydrogen-bond donors (Lipinski definition) is 1. The number of aromatic nitrogens is 1. The molecular formula is C9H11N3O2. The summed E-state index contributed by atoms with van der Waals surface area (Å²) in [4.78, 5) is 13.9. The Bertz CT molecular complexity index is 357. The van der Waals surface area contributed by atoms with E-state index < -0.39 is 4.92 Å². The summed E-state index contributed by atoms with van der Waals surface area (Å²) >= 11 is 0. The summed E-state index contributed by atoms with van der Waals surface area (Å²) in [5, 5.41) is 10.4. The largest absolute Gasteiger partial charge is 0.320 e. The SMILES string of the molecule is NC1(c2ccc([N+](=O)[O-])cn2)CCC1. The Labute approximate surface area is 81.1 Å². The van der Waals surface area contributed by atoms with Gasteiger partial charge in [0.1, 0.15) is 6.20 Å². The predicted molar refractivity (Wildman–Crippen MR) is 50.6 cm³/mol. The van der Waals surface area contributed by atoms with Crippen LogP contribution in [-0.2, 0) is 5.54 Å². The van der Waals surface area contributed by atoms with Gasteiger partial charge in [-0.25, -0.2) is 0 Å². The zero-order valence-corrected chi connectivity index (χ0v) is 7.64. The molecule has 1 aliphatic rings. The van der Waals surface area contributed by atoms with Crippen molar-refractivity contribution in [3.05, 3.63) is 34.1 Å². The zero-order valence-electron chi connectivity index (χ0n) is 7.64. The molecule has 5 heteroatoms. The van der Waals surface area contributed by atoms with Gasteiger partial charge in [-0.1, -0.05) is 0 Å². The first kappa shape index (κ1) is 9.08. The summed E-state index contributed by atoms with van der Waals surface area (Å²) in [6.07, 6.45) is 4.20. The Morgan fingerprint density at radius 3 is 2.57 bits per heavy atom. The fraction of sp³-hybridized carbons (Fsp3) is 0.444. The van der Waals surface area contributed by atoms with E-state index in [1.54, 1.807) is 6.07 Å². The lowest BCUT2D eigenvalue weighted by Crippen LogP contribution is -2.43. The third-order valence-electron chi connectivity index (χ3n) is 2.71. The molecule has 2 rings (SSSR count). The van der Waals surface area contributed by atoms with E-state index in [-0.39, 0.29) is 11.2 Å². The van der Waals surface area contributed by atoms with Crippen LogP contribution in [0.5, 0.6) is 0 Å². The van der Waals surface area contributed by atoms with Gasteiger partial charge in [0.15, 0.2) is 0 Å². The highest BCUT2D eigenvalue weighted by molar-refractivity contribution is 5.30. The third-order valence-corrected chi connectivity index (χ3v) is 2.71. The van der Waals surface area contributed by atoms with E-state index in [2.05, 4.69) is 4.98 Å². The van der Waals surface area contributed by atoms with Crippen molar-refractivity contribution in [1.82, 2.24) is 4.98 Å². The van der Waals surface area contributed by atoms with Crippen molar-refractivity contribution in [3.63, 3.8) is 0 Å². The summed E-state index contributed by atoms with van der Waals surface area (Å²) in [5.41, 5.74) is 6.45. The molecule has 1 aliphatic carbocycles. The summed E-state index contributed by atoms with van der Waals surface area (Å²) in [7, 11) is 0. The standard InChI is InChI=1S/C9H11N3O2/c10-9(4-1-5-9)8-3-2-7(6-11-8)12(13)14/h2-3,6H,1,4-5,10H2. The van der Waals surface area contributed by atoms with Crippen LogP contribution in [0.3, 0.4) is 0 Å². The lowest BCUT2D eigenvalue weighted by Gasteiger charge is -2.37. The molecule has 1 heterocycles. The number of hydrogen-bond acceptors (Lipinski definition) is 4. The molecule has 1 aromatic heterocycles. The first-order valence-electron chi connectivity index (χ1n) is 4.52. The maximum Gasteiger partial charge on any atom is 0.287 e. The molecule has 5 nitrogen and oxygen atoms in total. The number of rotatable bonds is 2. The maximum absolute atomic E-state index is 10.4. The van der Waals surface area contributed by atoms with Crippen LogP contribution in [0.15, 0.2) is 18.3 Å². The second-order valence-corrected chi connectivity index (χ2v) is 3.67. The zero-order chi connectivity index (χ0) is 10.2. The van der Waals surface area contributed by atoms with Crippen LogP contribution < -0.4 is 5.73 Å². The van der Waals surface area contributed by atoms with Crippen LogP contribution in [0.25, 0.3) is 0 Å². The van der Waals surface area contributed by atoms with Crippen LogP contribution in [0.4, 0.5) is 5.69 Å². The van der Waals surface area contributed by atoms with Crippen LogP contribution in [0.2, 0.25) is 0 Å². The van der Waals surface area contributed by atoms with Gasteiger partial charge >= 0.3 is 0 Å². The first-order valence-corrected chi connectivity index (χ1v) is 4.52. The Morgan fingerprint density at radius 2 is 2.21 bits per heavy atom. The van der Waals surface area contributed by atoms with Crippen molar-refractivity contribution in [3.8, 4) is 0 Å². The molecule has 1 fully saturated rings. The molecule has 0 aromatic carbocycles. The Balaban J connectivity index is 2.25. The predicted octanol–water partition coefficient (Wildman–Crippen LogP) is 1.33. The molecular weight excluding hydrogens is 182 g/mol. The van der Waals surface area contributed by atoms with Gasteiger partial charge in [0.05, 0.1) is 16.2 Å². The third kappa shape index (κ3) is 1.35. The molecule has 2 N–H and O–H groups in total. The van der Waals surface area contributed by atoms with Gasteiger partial charge in [-0.2, -0.15) is 0 Å². The highest BCUT2D eigenvalue weighted by Crippen LogP contribution is 2.37. The van der Waals surface area contributed by atoms with Gasteiger partial charge in [-0.05, 0) is 25.3 Å². The van der Waals surface area contributed by atoms with Crippen LogP contribution in [-0.4, -0.2) is 9.91 Å². The minimum atomic E-state index is -0.458. The molecule has 0 saturated heterocycles. The highest BCUT2D eigenvalue weighted by atomic mass is 16.6. The molecule has 0 spiro atoms. The Kier molecular flexibility index (Phi) is 1.96. The molecule has 0 bridgehead atoms. The molecule has 0 unspecified atom stereocenters. The summed E-state index contributed by atoms with van der Waals surface area (Å²) in [6.45, 7) is 0. The van der Waals surface area contributed by atoms with Crippen LogP contribution in [0, 0.1) is 10.1 Å². The van der Waals surface area contributed by atoms with Gasteiger partial charge in [0, 0.05) is 6.07 Å². The van der Waals surface area contributed by atoms with E-state index in [9.17, 15) is 10.1 Å². The molecule has 0 atom stereocenters. The van der Waals surface area contributed by atoms with Crippen molar-refractivity contribution >= 4 is 5.69 Å². The van der Waals surface area contributed by atoms with E-state index in [0.29, 0.717) is 0 Å². The van der Waals surface area contributed by atoms with Crippen molar-refractivity contribution in [2.24, 2.45) is 5.73 Å². The van der Waals surface area contributed by atoms with Crippen LogP contribution in [0.1, 0.15) is 25.0 Å². The normalized spacial score (nSPS) is 18.6. The monoisotopic (exact) mass is 193 g/mol. The quantitative estimate of drug-likeness (QED) is 0.567. The fourth-order valence-corrected chi connectivity index (χ4v) is 1.60. The van der Waals surface area contributed by atoms with Crippen molar-refractivity contribution < 1.29 is 4.92 Å². The molecule has 0 amide bonds. The average molecular weight is 193 g/mol. The molecule has 1 aromatic rings. The van der Waals surface area contributed by atoms with E-state index >= 15 is 0 Å². The van der Waals surface area contributed by atoms with Crippen molar-refractivity contribution in [2.75, 3.05) is 0 Å². The summed E-state index contributed by atoms with van der Waals surface area (Å²) in [5.74, 6) is 0. The highest BCUT2D eigenvalue weighted by Gasteiger charge is 2.35. The first-order chi connectivity index (χ1) is 6.62. The Hall–Kier alpha value is -1.49. The number of nitrogens with zero attached hydrogens (tertiary/aromatic N) is 2. The van der Waals surface area contributed by atoms with E-state index in [1.807, 2.05) is 0 Å². The fourth-order valence-electron chi connectivity index (χ4n) is 1.60. The van der Waals surface area contributed by atoms with Crippen molar-refractivity contribution in [1.29, 1.82) is 0 Å². The molecule has 1 saturated carbocycles. The molecule has 74 valence electrons. The molecule has 0 radical (unpaired) electrons.